The minimum atomic E-state index is 0.624. The zero-order valence-electron chi connectivity index (χ0n) is 11.0. The normalized spacial score (nSPS) is 10.6. The number of hydrogen-bond acceptors (Lipinski definition) is 3. The molecule has 0 unspecified atom stereocenters. The van der Waals surface area contributed by atoms with Gasteiger partial charge in [-0.3, -0.25) is 0 Å². The number of aryl methyl sites for hydroxylation is 1. The number of anilines is 1. The first-order chi connectivity index (χ1) is 8.77. The van der Waals surface area contributed by atoms with Crippen molar-refractivity contribution in [2.45, 2.75) is 20.3 Å². The Balaban J connectivity index is 2.40. The molecule has 0 fully saturated rings. The van der Waals surface area contributed by atoms with Gasteiger partial charge in [-0.25, -0.2) is 4.68 Å². The summed E-state index contributed by atoms with van der Waals surface area (Å²) in [4.78, 5) is 0. The van der Waals surface area contributed by atoms with E-state index < -0.39 is 0 Å². The first kappa shape index (κ1) is 12.6. The smallest absolute Gasteiger partial charge is 0.0764 e. The van der Waals surface area contributed by atoms with Crippen LogP contribution in [0.4, 0.5) is 5.69 Å². The van der Waals surface area contributed by atoms with Crippen LogP contribution in [0.3, 0.4) is 0 Å². The second kappa shape index (κ2) is 5.69. The topological polar surface area (TPSA) is 55.9 Å². The number of aromatic nitrogens is 2. The summed E-state index contributed by atoms with van der Waals surface area (Å²) < 4.78 is 2.01. The van der Waals surface area contributed by atoms with E-state index in [2.05, 4.69) is 36.4 Å². The van der Waals surface area contributed by atoms with Gasteiger partial charge in [0.25, 0.3) is 0 Å². The Hall–Kier alpha value is -1.81. The lowest BCUT2D eigenvalue weighted by Gasteiger charge is -2.11. The van der Waals surface area contributed by atoms with Crippen molar-refractivity contribution < 1.29 is 0 Å². The molecule has 0 aliphatic heterocycles. The van der Waals surface area contributed by atoms with Crippen LogP contribution >= 0.6 is 0 Å². The van der Waals surface area contributed by atoms with E-state index in [4.69, 9.17) is 5.73 Å². The Morgan fingerprint density at radius 2 is 2.11 bits per heavy atom. The van der Waals surface area contributed by atoms with E-state index in [1.807, 2.05) is 23.0 Å². The van der Waals surface area contributed by atoms with Crippen molar-refractivity contribution in [2.24, 2.45) is 5.73 Å². The maximum absolute atomic E-state index is 5.52. The molecule has 0 aliphatic carbocycles. The zero-order chi connectivity index (χ0) is 13.0. The monoisotopic (exact) mass is 244 g/mol. The molecule has 1 heterocycles. The van der Waals surface area contributed by atoms with Crippen LogP contribution in [-0.4, -0.2) is 22.9 Å². The van der Waals surface area contributed by atoms with E-state index in [1.54, 1.807) is 0 Å². The molecule has 0 aliphatic rings. The van der Waals surface area contributed by atoms with Gasteiger partial charge in [0.1, 0.15) is 0 Å². The molecule has 18 heavy (non-hydrogen) atoms. The summed E-state index contributed by atoms with van der Waals surface area (Å²) in [5.41, 5.74) is 10.1. The molecule has 0 bridgehead atoms. The Morgan fingerprint density at radius 1 is 1.33 bits per heavy atom. The first-order valence-corrected chi connectivity index (χ1v) is 6.34. The van der Waals surface area contributed by atoms with E-state index in [9.17, 15) is 0 Å². The first-order valence-electron chi connectivity index (χ1n) is 6.34. The minimum absolute atomic E-state index is 0.624. The van der Waals surface area contributed by atoms with Gasteiger partial charge >= 0.3 is 0 Å². The summed E-state index contributed by atoms with van der Waals surface area (Å²) in [6.07, 6.45) is 2.81. The van der Waals surface area contributed by atoms with Crippen molar-refractivity contribution in [3.05, 3.63) is 41.7 Å². The van der Waals surface area contributed by atoms with Crippen LogP contribution in [-0.2, 0) is 6.42 Å². The number of nitrogens with one attached hydrogen (secondary N) is 1. The van der Waals surface area contributed by atoms with Crippen molar-refractivity contribution in [3.8, 4) is 5.69 Å². The molecule has 1 aromatic heterocycles. The van der Waals surface area contributed by atoms with Crippen LogP contribution in [0, 0.1) is 6.92 Å². The fourth-order valence-electron chi connectivity index (χ4n) is 2.08. The van der Waals surface area contributed by atoms with Crippen LogP contribution in [0.1, 0.15) is 18.2 Å². The maximum Gasteiger partial charge on any atom is 0.0764 e. The maximum atomic E-state index is 5.52. The van der Waals surface area contributed by atoms with Gasteiger partial charge in [0, 0.05) is 13.1 Å². The fraction of sp³-hybridized carbons (Fsp3) is 0.357. The van der Waals surface area contributed by atoms with E-state index in [0.29, 0.717) is 6.54 Å². The molecule has 3 N–H and O–H groups in total. The predicted octanol–water partition coefficient (Wildman–Crippen LogP) is 2.11. The Morgan fingerprint density at radius 3 is 2.78 bits per heavy atom. The van der Waals surface area contributed by atoms with Gasteiger partial charge in [0.2, 0.25) is 0 Å². The van der Waals surface area contributed by atoms with E-state index in [0.717, 1.165) is 24.3 Å². The van der Waals surface area contributed by atoms with Gasteiger partial charge in [0.05, 0.1) is 23.3 Å². The van der Waals surface area contributed by atoms with Crippen LogP contribution < -0.4 is 11.1 Å². The molecule has 1 aromatic carbocycles. The lowest BCUT2D eigenvalue weighted by molar-refractivity contribution is 0.808. The van der Waals surface area contributed by atoms with E-state index in [-0.39, 0.29) is 0 Å². The number of para-hydroxylation sites is 1. The molecule has 0 amide bonds. The van der Waals surface area contributed by atoms with Gasteiger partial charge in [-0.15, -0.1) is 0 Å². The van der Waals surface area contributed by atoms with Crippen molar-refractivity contribution in [1.29, 1.82) is 0 Å². The molecular formula is C14H20N4. The molecule has 2 rings (SSSR count). The van der Waals surface area contributed by atoms with Crippen LogP contribution in [0.5, 0.6) is 0 Å². The molecule has 0 saturated heterocycles. The largest absolute Gasteiger partial charge is 0.381 e. The third kappa shape index (κ3) is 2.38. The van der Waals surface area contributed by atoms with Crippen molar-refractivity contribution >= 4 is 5.69 Å². The molecule has 0 spiro atoms. The van der Waals surface area contributed by atoms with Crippen LogP contribution in [0.2, 0.25) is 0 Å². The Labute approximate surface area is 108 Å². The van der Waals surface area contributed by atoms with E-state index >= 15 is 0 Å². The Kier molecular flexibility index (Phi) is 3.99. The predicted molar refractivity (Wildman–Crippen MR) is 75.2 cm³/mol. The highest BCUT2D eigenvalue weighted by molar-refractivity contribution is 5.51. The van der Waals surface area contributed by atoms with E-state index in [1.165, 1.54) is 11.3 Å². The quantitative estimate of drug-likeness (QED) is 0.847. The second-order valence-electron chi connectivity index (χ2n) is 4.27. The fourth-order valence-corrected chi connectivity index (χ4v) is 2.08. The van der Waals surface area contributed by atoms with Crippen molar-refractivity contribution in [1.82, 2.24) is 9.78 Å². The average Bonchev–Trinajstić information content (AvgIpc) is 2.79. The number of nitrogens with two attached hydrogens (primary N) is 1. The SMILES string of the molecule is CCc1c(NCCN)cnn1-c1ccccc1C. The van der Waals surface area contributed by atoms with Gasteiger partial charge in [-0.05, 0) is 25.0 Å². The molecular weight excluding hydrogens is 224 g/mol. The van der Waals surface area contributed by atoms with Crippen molar-refractivity contribution in [3.63, 3.8) is 0 Å². The summed E-state index contributed by atoms with van der Waals surface area (Å²) in [7, 11) is 0. The van der Waals surface area contributed by atoms with Crippen LogP contribution in [0.15, 0.2) is 30.5 Å². The zero-order valence-corrected chi connectivity index (χ0v) is 11.0. The number of hydrogen-bond donors (Lipinski definition) is 2. The van der Waals surface area contributed by atoms with Crippen molar-refractivity contribution in [2.75, 3.05) is 18.4 Å². The van der Waals surface area contributed by atoms with Crippen LogP contribution in [0.25, 0.3) is 5.69 Å². The lowest BCUT2D eigenvalue weighted by atomic mass is 10.2. The second-order valence-corrected chi connectivity index (χ2v) is 4.27. The Bertz CT molecular complexity index is 516. The summed E-state index contributed by atoms with van der Waals surface area (Å²) in [5, 5.41) is 7.80. The number of benzene rings is 1. The molecule has 96 valence electrons. The molecule has 2 aromatic rings. The summed E-state index contributed by atoms with van der Waals surface area (Å²) >= 11 is 0. The van der Waals surface area contributed by atoms with Gasteiger partial charge in [0.15, 0.2) is 0 Å². The highest BCUT2D eigenvalue weighted by Crippen LogP contribution is 2.21. The highest BCUT2D eigenvalue weighted by Gasteiger charge is 2.11. The van der Waals surface area contributed by atoms with Gasteiger partial charge in [-0.1, -0.05) is 25.1 Å². The molecule has 0 radical (unpaired) electrons. The van der Waals surface area contributed by atoms with Gasteiger partial charge in [-0.2, -0.15) is 5.10 Å². The molecule has 4 heteroatoms. The number of rotatable bonds is 5. The summed E-state index contributed by atoms with van der Waals surface area (Å²) in [6.45, 7) is 5.63. The molecule has 0 saturated carbocycles. The minimum Gasteiger partial charge on any atom is -0.381 e. The summed E-state index contributed by atoms with van der Waals surface area (Å²) in [6, 6.07) is 8.27. The van der Waals surface area contributed by atoms with Gasteiger partial charge < -0.3 is 11.1 Å². The third-order valence-corrected chi connectivity index (χ3v) is 3.01. The average molecular weight is 244 g/mol. The standard InChI is InChI=1S/C14H20N4/c1-3-13-12(16-9-8-15)10-17-18(13)14-7-5-4-6-11(14)2/h4-7,10,16H,3,8-9,15H2,1-2H3. The highest BCUT2D eigenvalue weighted by atomic mass is 15.3. The third-order valence-electron chi connectivity index (χ3n) is 3.01. The summed E-state index contributed by atoms with van der Waals surface area (Å²) in [5.74, 6) is 0. The molecule has 0 atom stereocenters. The molecule has 4 nitrogen and oxygen atoms in total. The number of nitrogens with zero attached hydrogens (tertiary/aromatic N) is 2. The lowest BCUT2D eigenvalue weighted by Crippen LogP contribution is -2.14.